The van der Waals surface area contributed by atoms with Gasteiger partial charge in [0.1, 0.15) is 12.3 Å². The van der Waals surface area contributed by atoms with Gasteiger partial charge < -0.3 is 20.5 Å². The van der Waals surface area contributed by atoms with Crippen LogP contribution in [-0.4, -0.2) is 41.2 Å². The van der Waals surface area contributed by atoms with Gasteiger partial charge in [0.15, 0.2) is 0 Å². The molecule has 2 amide bonds. The Kier molecular flexibility index (Phi) is 7.40. The van der Waals surface area contributed by atoms with Crippen molar-refractivity contribution in [3.05, 3.63) is 89.2 Å². The van der Waals surface area contributed by atoms with E-state index < -0.39 is 18.0 Å². The molecule has 0 fully saturated rings. The number of nitrogens with one attached hydrogen (secondary N) is 2. The number of alkyl carbamates (subject to hydrolysis) is 1. The molecule has 35 heavy (non-hydrogen) atoms. The fraction of sp³-hybridized carbons (Fsp3) is 0.259. The summed E-state index contributed by atoms with van der Waals surface area (Å²) in [5, 5.41) is 14.4. The van der Waals surface area contributed by atoms with Gasteiger partial charge in [-0.15, -0.1) is 0 Å². The lowest BCUT2D eigenvalue weighted by Crippen LogP contribution is -2.38. The fourth-order valence-electron chi connectivity index (χ4n) is 4.27. The monoisotopic (exact) mass is 473 g/mol. The Bertz CT molecular complexity index is 1180. The van der Waals surface area contributed by atoms with E-state index in [2.05, 4.69) is 39.9 Å². The number of hydrogen-bond acceptors (Lipinski definition) is 5. The number of aromatic carboxylic acids is 1. The molecule has 8 nitrogen and oxygen atoms in total. The maximum absolute atomic E-state index is 12.6. The Hall–Kier alpha value is -4.20. The summed E-state index contributed by atoms with van der Waals surface area (Å²) in [5.41, 5.74) is 5.22. The molecule has 0 saturated heterocycles. The molecule has 0 spiro atoms. The number of aromatic nitrogens is 1. The smallest absolute Gasteiger partial charge is 0.407 e. The van der Waals surface area contributed by atoms with Crippen LogP contribution in [0.1, 0.15) is 46.4 Å². The van der Waals surface area contributed by atoms with Crippen molar-refractivity contribution in [3.63, 3.8) is 0 Å². The predicted octanol–water partition coefficient (Wildman–Crippen LogP) is 3.96. The number of benzene rings is 2. The first-order chi connectivity index (χ1) is 17.0. The lowest BCUT2D eigenvalue weighted by atomic mass is 9.98. The van der Waals surface area contributed by atoms with Crippen molar-refractivity contribution in [1.29, 1.82) is 0 Å². The van der Waals surface area contributed by atoms with Gasteiger partial charge >= 0.3 is 12.1 Å². The third kappa shape index (κ3) is 5.48. The van der Waals surface area contributed by atoms with Crippen LogP contribution in [0.15, 0.2) is 66.9 Å². The second-order valence-corrected chi connectivity index (χ2v) is 8.39. The lowest BCUT2D eigenvalue weighted by Gasteiger charge is -2.17. The predicted molar refractivity (Wildman–Crippen MR) is 130 cm³/mol. The zero-order valence-corrected chi connectivity index (χ0v) is 19.4. The van der Waals surface area contributed by atoms with Crippen LogP contribution < -0.4 is 10.6 Å². The topological polar surface area (TPSA) is 118 Å². The number of carbonyl (C=O) groups is 3. The number of carbonyl (C=O) groups excluding carboxylic acids is 2. The summed E-state index contributed by atoms with van der Waals surface area (Å²) >= 11 is 0. The third-order valence-electron chi connectivity index (χ3n) is 6.21. The molecular formula is C27H27N3O5. The molecule has 1 heterocycles. The fourth-order valence-corrected chi connectivity index (χ4v) is 4.27. The van der Waals surface area contributed by atoms with Crippen LogP contribution in [-0.2, 0) is 16.1 Å². The molecule has 0 saturated carbocycles. The zero-order chi connectivity index (χ0) is 24.8. The first-order valence-corrected chi connectivity index (χ1v) is 11.5. The molecule has 8 heteroatoms. The lowest BCUT2D eigenvalue weighted by molar-refractivity contribution is -0.125. The Labute approximate surface area is 203 Å². The molecule has 3 N–H and O–H groups in total. The number of carboxylic acid groups (broad SMARTS) is 1. The van der Waals surface area contributed by atoms with Gasteiger partial charge in [-0.1, -0.05) is 61.5 Å². The summed E-state index contributed by atoms with van der Waals surface area (Å²) in [5.74, 6) is -1.78. The molecule has 2 aromatic carbocycles. The molecule has 1 aliphatic carbocycles. The van der Waals surface area contributed by atoms with Crippen LogP contribution >= 0.6 is 0 Å². The van der Waals surface area contributed by atoms with E-state index in [1.807, 2.05) is 31.2 Å². The number of rotatable bonds is 9. The minimum Gasteiger partial charge on any atom is -0.477 e. The van der Waals surface area contributed by atoms with Crippen molar-refractivity contribution in [2.45, 2.75) is 25.8 Å². The Balaban J connectivity index is 1.27. The first-order valence-electron chi connectivity index (χ1n) is 11.5. The highest BCUT2D eigenvalue weighted by atomic mass is 16.5. The quantitative estimate of drug-likeness (QED) is 0.433. The summed E-state index contributed by atoms with van der Waals surface area (Å²) < 4.78 is 5.54. The first kappa shape index (κ1) is 23.9. The van der Waals surface area contributed by atoms with Crippen molar-refractivity contribution >= 4 is 18.0 Å². The van der Waals surface area contributed by atoms with E-state index >= 15 is 0 Å². The molecule has 180 valence electrons. The van der Waals surface area contributed by atoms with Crippen molar-refractivity contribution in [3.8, 4) is 11.1 Å². The van der Waals surface area contributed by atoms with Crippen molar-refractivity contribution in [2.24, 2.45) is 5.92 Å². The number of fused-ring (bicyclic) bond motifs is 3. The van der Waals surface area contributed by atoms with Gasteiger partial charge in [0, 0.05) is 25.2 Å². The van der Waals surface area contributed by atoms with Crippen LogP contribution in [0, 0.1) is 5.92 Å². The molecule has 4 rings (SSSR count). The van der Waals surface area contributed by atoms with Crippen LogP contribution in [0.2, 0.25) is 0 Å². The van der Waals surface area contributed by atoms with Gasteiger partial charge in [0.05, 0.1) is 5.92 Å². The molecular weight excluding hydrogens is 446 g/mol. The number of nitrogens with zero attached hydrogens (tertiary/aromatic N) is 1. The van der Waals surface area contributed by atoms with Gasteiger partial charge in [-0.3, -0.25) is 4.79 Å². The van der Waals surface area contributed by atoms with E-state index in [0.717, 1.165) is 22.3 Å². The van der Waals surface area contributed by atoms with E-state index in [4.69, 9.17) is 9.84 Å². The van der Waals surface area contributed by atoms with Gasteiger partial charge in [-0.25, -0.2) is 14.6 Å². The molecule has 3 aromatic rings. The molecule has 0 bridgehead atoms. The van der Waals surface area contributed by atoms with Gasteiger partial charge in [0.25, 0.3) is 0 Å². The molecule has 1 atom stereocenters. The molecule has 1 unspecified atom stereocenters. The maximum atomic E-state index is 12.6. The molecule has 1 aromatic heterocycles. The number of amides is 2. The summed E-state index contributed by atoms with van der Waals surface area (Å²) in [6.07, 6.45) is 1.39. The van der Waals surface area contributed by atoms with Crippen molar-refractivity contribution < 1.29 is 24.2 Å². The molecule has 0 radical (unpaired) electrons. The van der Waals surface area contributed by atoms with Crippen LogP contribution in [0.3, 0.4) is 0 Å². The second kappa shape index (κ2) is 10.8. The minimum atomic E-state index is -1.11. The van der Waals surface area contributed by atoms with Crippen LogP contribution in [0.4, 0.5) is 4.79 Å². The highest BCUT2D eigenvalue weighted by molar-refractivity contribution is 5.85. The zero-order valence-electron chi connectivity index (χ0n) is 19.4. The van der Waals surface area contributed by atoms with Crippen LogP contribution in [0.5, 0.6) is 0 Å². The van der Waals surface area contributed by atoms with E-state index in [-0.39, 0.29) is 37.2 Å². The van der Waals surface area contributed by atoms with Gasteiger partial charge in [0.2, 0.25) is 5.91 Å². The number of carboxylic acids is 1. The summed E-state index contributed by atoms with van der Waals surface area (Å²) in [6.45, 7) is 2.44. The number of ether oxygens (including phenoxy) is 1. The maximum Gasteiger partial charge on any atom is 0.407 e. The Morgan fingerprint density at radius 2 is 1.63 bits per heavy atom. The average molecular weight is 474 g/mol. The minimum absolute atomic E-state index is 0.0282. The van der Waals surface area contributed by atoms with Crippen molar-refractivity contribution in [2.75, 3.05) is 13.2 Å². The molecule has 1 aliphatic rings. The summed E-state index contributed by atoms with van der Waals surface area (Å²) in [4.78, 5) is 39.7. The van der Waals surface area contributed by atoms with E-state index in [9.17, 15) is 14.4 Å². The summed E-state index contributed by atoms with van der Waals surface area (Å²) in [7, 11) is 0. The van der Waals surface area contributed by atoms with Crippen LogP contribution in [0.25, 0.3) is 11.1 Å². The third-order valence-corrected chi connectivity index (χ3v) is 6.21. The van der Waals surface area contributed by atoms with E-state index in [1.165, 1.54) is 12.3 Å². The van der Waals surface area contributed by atoms with Gasteiger partial charge in [-0.05, 0) is 40.3 Å². The van der Waals surface area contributed by atoms with Gasteiger partial charge in [-0.2, -0.15) is 0 Å². The molecule has 0 aliphatic heterocycles. The highest BCUT2D eigenvalue weighted by Gasteiger charge is 2.29. The second-order valence-electron chi connectivity index (χ2n) is 8.39. The normalized spacial score (nSPS) is 12.8. The average Bonchev–Trinajstić information content (AvgIpc) is 3.20. The Morgan fingerprint density at radius 1 is 0.971 bits per heavy atom. The highest BCUT2D eigenvalue weighted by Crippen LogP contribution is 2.44. The largest absolute Gasteiger partial charge is 0.477 e. The standard InChI is InChI=1S/C27H27N3O5/c1-2-18(25(31)29-14-17-11-12-24(26(32)33)28-13-17)15-30-27(34)35-16-23-21-9-5-3-7-19(21)20-8-4-6-10-22(20)23/h3-13,18,23H,2,14-16H2,1H3,(H,29,31)(H,30,34)(H,32,33). The van der Waals surface area contributed by atoms with E-state index in [0.29, 0.717) is 12.0 Å². The number of pyridine rings is 1. The Morgan fingerprint density at radius 3 is 2.20 bits per heavy atom. The summed E-state index contributed by atoms with van der Waals surface area (Å²) in [6, 6.07) is 19.2. The number of hydrogen-bond donors (Lipinski definition) is 3. The van der Waals surface area contributed by atoms with E-state index in [1.54, 1.807) is 6.07 Å². The SMILES string of the molecule is CCC(CNC(=O)OCC1c2ccccc2-c2ccccc21)C(=O)NCc1ccc(C(=O)O)nc1. The van der Waals surface area contributed by atoms with Crippen molar-refractivity contribution in [1.82, 2.24) is 15.6 Å².